The molecule has 2 atom stereocenters. The fourth-order valence-corrected chi connectivity index (χ4v) is 3.07. The molecule has 0 fully saturated rings. The van der Waals surface area contributed by atoms with Crippen LogP contribution >= 0.6 is 11.6 Å². The van der Waals surface area contributed by atoms with Gasteiger partial charge in [-0.2, -0.15) is 0 Å². The fraction of sp³-hybridized carbons (Fsp3) is 0.217. The van der Waals surface area contributed by atoms with Crippen molar-refractivity contribution in [2.75, 3.05) is 14.2 Å². The molecule has 0 aliphatic carbocycles. The third kappa shape index (κ3) is 5.06. The second kappa shape index (κ2) is 9.43. The van der Waals surface area contributed by atoms with Crippen molar-refractivity contribution < 1.29 is 24.1 Å². The highest BCUT2D eigenvalue weighted by Crippen LogP contribution is 2.35. The van der Waals surface area contributed by atoms with Crippen LogP contribution in [-0.4, -0.2) is 25.4 Å². The second-order valence-electron chi connectivity index (χ2n) is 6.40. The molecular formula is C23H23ClO5. The Kier molecular flexibility index (Phi) is 6.73. The molecule has 29 heavy (non-hydrogen) atoms. The highest BCUT2D eigenvalue weighted by Gasteiger charge is 2.25. The van der Waals surface area contributed by atoms with Crippen LogP contribution in [0.4, 0.5) is 0 Å². The zero-order valence-electron chi connectivity index (χ0n) is 16.5. The Bertz CT molecular complexity index is 942. The number of aromatic hydroxyl groups is 1. The van der Waals surface area contributed by atoms with E-state index in [9.17, 15) is 5.11 Å². The van der Waals surface area contributed by atoms with Crippen molar-refractivity contribution in [3.8, 4) is 28.7 Å². The van der Waals surface area contributed by atoms with Crippen LogP contribution in [0.25, 0.3) is 0 Å². The highest BCUT2D eigenvalue weighted by molar-refractivity contribution is 6.30. The molecule has 0 aliphatic rings. The predicted octanol–water partition coefficient (Wildman–Crippen LogP) is 5.65. The molecule has 6 heteroatoms. The number of benzene rings is 3. The van der Waals surface area contributed by atoms with Gasteiger partial charge in [-0.1, -0.05) is 29.8 Å². The van der Waals surface area contributed by atoms with Crippen LogP contribution in [0.5, 0.6) is 28.7 Å². The van der Waals surface area contributed by atoms with Gasteiger partial charge in [0.25, 0.3) is 0 Å². The standard InChI is InChI=1S/C23H23ClO5/c1-15(28-21-7-5-4-6-20(21)26-2)23(29-18-11-9-17(24)10-12-18)16-8-13-19(25)22(14-16)27-3/h4-15,23,25H,1-3H3. The molecule has 0 aliphatic heterocycles. The predicted molar refractivity (Wildman–Crippen MR) is 113 cm³/mol. The lowest BCUT2D eigenvalue weighted by atomic mass is 10.0. The number of rotatable bonds is 8. The van der Waals surface area contributed by atoms with Crippen LogP contribution in [-0.2, 0) is 0 Å². The van der Waals surface area contributed by atoms with Crippen molar-refractivity contribution in [3.63, 3.8) is 0 Å². The Morgan fingerprint density at radius 3 is 2.10 bits per heavy atom. The summed E-state index contributed by atoms with van der Waals surface area (Å²) in [5, 5.41) is 10.6. The van der Waals surface area contributed by atoms with Crippen molar-refractivity contribution in [2.24, 2.45) is 0 Å². The number of halogens is 1. The number of methoxy groups -OCH3 is 2. The highest BCUT2D eigenvalue weighted by atomic mass is 35.5. The number of hydrogen-bond acceptors (Lipinski definition) is 5. The summed E-state index contributed by atoms with van der Waals surface area (Å²) in [4.78, 5) is 0. The first-order chi connectivity index (χ1) is 14.0. The van der Waals surface area contributed by atoms with E-state index in [0.717, 1.165) is 5.56 Å². The van der Waals surface area contributed by atoms with Gasteiger partial charge in [0.15, 0.2) is 29.1 Å². The van der Waals surface area contributed by atoms with Gasteiger partial charge in [-0.3, -0.25) is 0 Å². The van der Waals surface area contributed by atoms with Gasteiger partial charge < -0.3 is 24.1 Å². The van der Waals surface area contributed by atoms with Crippen molar-refractivity contribution in [2.45, 2.75) is 19.1 Å². The number of ether oxygens (including phenoxy) is 4. The Labute approximate surface area is 175 Å². The summed E-state index contributed by atoms with van der Waals surface area (Å²) in [5.41, 5.74) is 0.789. The van der Waals surface area contributed by atoms with E-state index >= 15 is 0 Å². The molecule has 0 radical (unpaired) electrons. The lowest BCUT2D eigenvalue weighted by molar-refractivity contribution is 0.0630. The van der Waals surface area contributed by atoms with Gasteiger partial charge in [0.1, 0.15) is 11.9 Å². The monoisotopic (exact) mass is 414 g/mol. The smallest absolute Gasteiger partial charge is 0.161 e. The summed E-state index contributed by atoms with van der Waals surface area (Å²) in [6.45, 7) is 1.91. The average molecular weight is 415 g/mol. The molecule has 0 amide bonds. The molecule has 0 heterocycles. The molecular weight excluding hydrogens is 392 g/mol. The van der Waals surface area contributed by atoms with Gasteiger partial charge in [-0.25, -0.2) is 0 Å². The number of phenols is 1. The minimum atomic E-state index is -0.490. The van der Waals surface area contributed by atoms with Crippen LogP contribution in [0.3, 0.4) is 0 Å². The zero-order valence-corrected chi connectivity index (χ0v) is 17.2. The van der Waals surface area contributed by atoms with Crippen LogP contribution in [0.1, 0.15) is 18.6 Å². The maximum atomic E-state index is 9.95. The first kappa shape index (κ1) is 20.7. The molecule has 0 aromatic heterocycles. The van der Waals surface area contributed by atoms with Crippen LogP contribution < -0.4 is 18.9 Å². The van der Waals surface area contributed by atoms with E-state index in [1.807, 2.05) is 31.2 Å². The molecule has 152 valence electrons. The van der Waals surface area contributed by atoms with E-state index in [1.165, 1.54) is 7.11 Å². The summed E-state index contributed by atoms with van der Waals surface area (Å²) in [7, 11) is 3.10. The lowest BCUT2D eigenvalue weighted by Crippen LogP contribution is -2.27. The topological polar surface area (TPSA) is 57.2 Å². The summed E-state index contributed by atoms with van der Waals surface area (Å²) in [6.07, 6.45) is -0.883. The maximum absolute atomic E-state index is 9.95. The number of para-hydroxylation sites is 2. The SMILES string of the molecule is COc1cc(C(Oc2ccc(Cl)cc2)C(C)Oc2ccccc2OC)ccc1O. The van der Waals surface area contributed by atoms with Gasteiger partial charge in [0, 0.05) is 10.6 Å². The van der Waals surface area contributed by atoms with Crippen molar-refractivity contribution in [1.82, 2.24) is 0 Å². The second-order valence-corrected chi connectivity index (χ2v) is 6.83. The Balaban J connectivity index is 1.93. The average Bonchev–Trinajstić information content (AvgIpc) is 2.74. The van der Waals surface area contributed by atoms with Crippen LogP contribution in [0.2, 0.25) is 5.02 Å². The lowest BCUT2D eigenvalue weighted by Gasteiger charge is -2.27. The fourth-order valence-electron chi connectivity index (χ4n) is 2.94. The summed E-state index contributed by atoms with van der Waals surface area (Å²) in [5.74, 6) is 2.30. The van der Waals surface area contributed by atoms with Gasteiger partial charge in [-0.05, 0) is 55.5 Å². The largest absolute Gasteiger partial charge is 0.504 e. The number of hydrogen-bond donors (Lipinski definition) is 1. The molecule has 3 rings (SSSR count). The van der Waals surface area contributed by atoms with Crippen LogP contribution in [0.15, 0.2) is 66.7 Å². The number of phenolic OH excluding ortho intramolecular Hbond substituents is 1. The van der Waals surface area contributed by atoms with Gasteiger partial charge in [-0.15, -0.1) is 0 Å². The van der Waals surface area contributed by atoms with Gasteiger partial charge in [0.05, 0.1) is 14.2 Å². The Morgan fingerprint density at radius 2 is 1.45 bits per heavy atom. The third-order valence-electron chi connectivity index (χ3n) is 4.42. The third-order valence-corrected chi connectivity index (χ3v) is 4.67. The zero-order chi connectivity index (χ0) is 20.8. The summed E-state index contributed by atoms with van der Waals surface area (Å²) >= 11 is 5.99. The van der Waals surface area contributed by atoms with E-state index in [4.69, 9.17) is 30.5 Å². The molecule has 0 bridgehead atoms. The Hall–Kier alpha value is -3.05. The molecule has 1 N–H and O–H groups in total. The summed E-state index contributed by atoms with van der Waals surface area (Å²) in [6, 6.07) is 19.6. The molecule has 3 aromatic rings. The van der Waals surface area contributed by atoms with Crippen LogP contribution in [0, 0.1) is 0 Å². The molecule has 0 saturated heterocycles. The van der Waals surface area contributed by atoms with Crippen molar-refractivity contribution >= 4 is 11.6 Å². The van der Waals surface area contributed by atoms with E-state index in [-0.39, 0.29) is 5.75 Å². The van der Waals surface area contributed by atoms with Crippen molar-refractivity contribution in [3.05, 3.63) is 77.3 Å². The summed E-state index contributed by atoms with van der Waals surface area (Å²) < 4.78 is 23.0. The Morgan fingerprint density at radius 1 is 0.793 bits per heavy atom. The molecule has 0 saturated carbocycles. The minimum Gasteiger partial charge on any atom is -0.504 e. The van der Waals surface area contributed by atoms with Gasteiger partial charge in [0.2, 0.25) is 0 Å². The quantitative estimate of drug-likeness (QED) is 0.516. The van der Waals surface area contributed by atoms with Gasteiger partial charge >= 0.3 is 0 Å². The van der Waals surface area contributed by atoms with E-state index in [1.54, 1.807) is 49.6 Å². The van der Waals surface area contributed by atoms with E-state index < -0.39 is 12.2 Å². The van der Waals surface area contributed by atoms with E-state index in [0.29, 0.717) is 28.0 Å². The normalized spacial score (nSPS) is 12.7. The molecule has 2 unspecified atom stereocenters. The van der Waals surface area contributed by atoms with Crippen molar-refractivity contribution in [1.29, 1.82) is 0 Å². The molecule has 0 spiro atoms. The molecule has 3 aromatic carbocycles. The molecule has 5 nitrogen and oxygen atoms in total. The maximum Gasteiger partial charge on any atom is 0.161 e. The van der Waals surface area contributed by atoms with E-state index in [2.05, 4.69) is 0 Å². The first-order valence-electron chi connectivity index (χ1n) is 9.10. The minimum absolute atomic E-state index is 0.0554. The first-order valence-corrected chi connectivity index (χ1v) is 9.48.